The Hall–Kier alpha value is -3.53. The monoisotopic (exact) mass is 579 g/mol. The van der Waals surface area contributed by atoms with Crippen molar-refractivity contribution < 1.29 is 14.3 Å². The van der Waals surface area contributed by atoms with E-state index in [1.54, 1.807) is 24.4 Å². The first-order valence-corrected chi connectivity index (χ1v) is 14.5. The Morgan fingerprint density at radius 2 is 2.02 bits per heavy atom. The van der Waals surface area contributed by atoms with Crippen molar-refractivity contribution in [2.24, 2.45) is 5.73 Å². The van der Waals surface area contributed by atoms with Crippen LogP contribution in [0.4, 0.5) is 4.39 Å². The van der Waals surface area contributed by atoms with E-state index in [4.69, 9.17) is 22.4 Å². The van der Waals surface area contributed by atoms with E-state index in [-0.39, 0.29) is 29.6 Å². The third-order valence-corrected chi connectivity index (χ3v) is 8.05. The van der Waals surface area contributed by atoms with Crippen LogP contribution < -0.4 is 16.7 Å². The Morgan fingerprint density at radius 3 is 2.76 bits per heavy atom. The molecule has 1 fully saturated rings. The molecule has 5 N–H and O–H groups in total. The predicted molar refractivity (Wildman–Crippen MR) is 159 cm³/mol. The van der Waals surface area contributed by atoms with Crippen LogP contribution in [0.1, 0.15) is 69.0 Å². The van der Waals surface area contributed by atoms with Gasteiger partial charge in [0, 0.05) is 41.7 Å². The van der Waals surface area contributed by atoms with Crippen LogP contribution in [0.25, 0.3) is 28.0 Å². The molecule has 10 heteroatoms. The second kappa shape index (κ2) is 12.5. The molecule has 2 aromatic carbocycles. The van der Waals surface area contributed by atoms with Crippen molar-refractivity contribution in [3.63, 3.8) is 0 Å². The van der Waals surface area contributed by atoms with Crippen LogP contribution in [0.3, 0.4) is 0 Å². The Morgan fingerprint density at radius 1 is 1.24 bits per heavy atom. The van der Waals surface area contributed by atoms with Crippen molar-refractivity contribution in [2.45, 2.75) is 76.4 Å². The number of nitrogens with one attached hydrogen (secondary N) is 2. The number of halogens is 2. The SMILES string of the molecule is C[C@H](N)CCCc1cc(Cl)c(F)c(-c2cc3cn(-c4ccc([C@@H]5CCC[C@@H](CCC(=O)O)N5)cc4)c(=O)nc3[nH]2)c1. The first-order chi connectivity index (χ1) is 19.7. The number of carboxylic acid groups (broad SMARTS) is 1. The van der Waals surface area contributed by atoms with Crippen molar-refractivity contribution in [1.82, 2.24) is 19.9 Å². The molecule has 8 nitrogen and oxygen atoms in total. The lowest BCUT2D eigenvalue weighted by molar-refractivity contribution is -0.137. The summed E-state index contributed by atoms with van der Waals surface area (Å²) in [5, 5.41) is 13.3. The minimum Gasteiger partial charge on any atom is -0.481 e. The van der Waals surface area contributed by atoms with Crippen LogP contribution in [0.2, 0.25) is 5.02 Å². The van der Waals surface area contributed by atoms with E-state index in [0.29, 0.717) is 34.4 Å². The molecule has 0 saturated carbocycles. The number of nitrogens with zero attached hydrogens (tertiary/aromatic N) is 2. The van der Waals surface area contributed by atoms with Crippen molar-refractivity contribution in [2.75, 3.05) is 0 Å². The highest BCUT2D eigenvalue weighted by atomic mass is 35.5. The van der Waals surface area contributed by atoms with Gasteiger partial charge in [-0.1, -0.05) is 30.2 Å². The summed E-state index contributed by atoms with van der Waals surface area (Å²) in [5.74, 6) is -1.30. The summed E-state index contributed by atoms with van der Waals surface area (Å²) < 4.78 is 16.5. The van der Waals surface area contributed by atoms with E-state index in [2.05, 4.69) is 15.3 Å². The highest BCUT2D eigenvalue weighted by Gasteiger charge is 2.23. The molecule has 3 atom stereocenters. The Bertz CT molecular complexity index is 1600. The van der Waals surface area contributed by atoms with E-state index in [1.165, 1.54) is 4.57 Å². The molecule has 1 aliphatic rings. The summed E-state index contributed by atoms with van der Waals surface area (Å²) in [6.45, 7) is 1.96. The van der Waals surface area contributed by atoms with Crippen molar-refractivity contribution in [3.8, 4) is 16.9 Å². The first-order valence-electron chi connectivity index (χ1n) is 14.1. The zero-order valence-electron chi connectivity index (χ0n) is 23.0. The fraction of sp³-hybridized carbons (Fsp3) is 0.387. The molecule has 5 rings (SSSR count). The summed E-state index contributed by atoms with van der Waals surface area (Å²) in [6.07, 6.45) is 7.89. The zero-order chi connectivity index (χ0) is 29.1. The second-order valence-corrected chi connectivity index (χ2v) is 11.5. The van der Waals surface area contributed by atoms with Gasteiger partial charge in [0.2, 0.25) is 0 Å². The number of hydrogen-bond acceptors (Lipinski definition) is 5. The van der Waals surface area contributed by atoms with E-state index in [1.807, 2.05) is 31.2 Å². The largest absolute Gasteiger partial charge is 0.481 e. The highest BCUT2D eigenvalue weighted by molar-refractivity contribution is 6.31. The maximum Gasteiger partial charge on any atom is 0.354 e. The lowest BCUT2D eigenvalue weighted by atomic mass is 9.91. The Balaban J connectivity index is 1.37. The van der Waals surface area contributed by atoms with Gasteiger partial charge in [-0.15, -0.1) is 0 Å². The molecule has 0 amide bonds. The van der Waals surface area contributed by atoms with Crippen LogP contribution in [0, 0.1) is 5.82 Å². The number of carboxylic acids is 1. The maximum atomic E-state index is 15.1. The van der Waals surface area contributed by atoms with E-state index >= 15 is 4.39 Å². The zero-order valence-corrected chi connectivity index (χ0v) is 23.8. The van der Waals surface area contributed by atoms with Gasteiger partial charge in [-0.05, 0) is 86.9 Å². The van der Waals surface area contributed by atoms with Crippen LogP contribution >= 0.6 is 11.6 Å². The third kappa shape index (κ3) is 6.86. The van der Waals surface area contributed by atoms with E-state index in [0.717, 1.165) is 49.7 Å². The maximum absolute atomic E-state index is 15.1. The molecule has 3 heterocycles. The number of aromatic amines is 1. The van der Waals surface area contributed by atoms with Gasteiger partial charge < -0.3 is 21.1 Å². The molecule has 2 aromatic heterocycles. The number of H-pyrrole nitrogens is 1. The molecule has 4 aromatic rings. The third-order valence-electron chi connectivity index (χ3n) is 7.77. The van der Waals surface area contributed by atoms with Crippen LogP contribution in [0.5, 0.6) is 0 Å². The van der Waals surface area contributed by atoms with Gasteiger partial charge in [-0.3, -0.25) is 9.36 Å². The van der Waals surface area contributed by atoms with Crippen molar-refractivity contribution in [1.29, 1.82) is 0 Å². The minimum absolute atomic E-state index is 0.0465. The van der Waals surface area contributed by atoms with Crippen LogP contribution in [-0.4, -0.2) is 37.7 Å². The molecule has 41 heavy (non-hydrogen) atoms. The molecule has 0 bridgehead atoms. The fourth-order valence-corrected chi connectivity index (χ4v) is 5.86. The Kier molecular flexibility index (Phi) is 8.87. The van der Waals surface area contributed by atoms with E-state index in [9.17, 15) is 9.59 Å². The number of nitrogens with two attached hydrogens (primary N) is 1. The van der Waals surface area contributed by atoms with Crippen molar-refractivity contribution in [3.05, 3.63) is 81.1 Å². The smallest absolute Gasteiger partial charge is 0.354 e. The van der Waals surface area contributed by atoms with Gasteiger partial charge in [0.1, 0.15) is 5.65 Å². The number of benzene rings is 2. The average molecular weight is 580 g/mol. The molecule has 216 valence electrons. The number of aliphatic carboxylic acids is 1. The molecule has 1 saturated heterocycles. The number of aromatic nitrogens is 3. The van der Waals surface area contributed by atoms with Gasteiger partial charge in [0.05, 0.1) is 16.4 Å². The normalized spacial score (nSPS) is 18.0. The molecular formula is C31H35ClFN5O3. The second-order valence-electron chi connectivity index (χ2n) is 11.1. The van der Waals surface area contributed by atoms with Gasteiger partial charge in [-0.2, -0.15) is 4.98 Å². The minimum atomic E-state index is -0.778. The van der Waals surface area contributed by atoms with Gasteiger partial charge in [-0.25, -0.2) is 9.18 Å². The number of rotatable bonds is 10. The summed E-state index contributed by atoms with van der Waals surface area (Å²) in [7, 11) is 0. The van der Waals surface area contributed by atoms with Crippen molar-refractivity contribution >= 4 is 28.6 Å². The first kappa shape index (κ1) is 29.0. The lowest BCUT2D eigenvalue weighted by Crippen LogP contribution is -2.37. The van der Waals surface area contributed by atoms with E-state index < -0.39 is 17.5 Å². The van der Waals surface area contributed by atoms with Gasteiger partial charge in [0.15, 0.2) is 5.82 Å². The molecular weight excluding hydrogens is 545 g/mol. The average Bonchev–Trinajstić information content (AvgIpc) is 3.36. The lowest BCUT2D eigenvalue weighted by Gasteiger charge is -2.31. The van der Waals surface area contributed by atoms with Gasteiger partial charge >= 0.3 is 11.7 Å². The summed E-state index contributed by atoms with van der Waals surface area (Å²) in [4.78, 5) is 31.2. The van der Waals surface area contributed by atoms with Gasteiger partial charge in [0.25, 0.3) is 0 Å². The summed E-state index contributed by atoms with van der Waals surface area (Å²) in [6, 6.07) is 13.3. The molecule has 0 spiro atoms. The standard InChI is InChI=1S/C31H35ClFN5O3/c1-18(34)4-2-5-19-14-24(29(33)25(32)15-19)27-16-21-17-38(31(41)37-30(21)36-27)23-11-8-20(9-12-23)26-7-3-6-22(35-26)10-13-28(39)40/h8-9,11-12,14-18,22,26,35H,2-7,10,13,34H2,1H3,(H,39,40)(H,36,37,41)/t18-,22-,26-/m0/s1. The summed E-state index contributed by atoms with van der Waals surface area (Å²) >= 11 is 6.23. The molecule has 1 aliphatic heterocycles. The topological polar surface area (TPSA) is 126 Å². The predicted octanol–water partition coefficient (Wildman–Crippen LogP) is 5.89. The van der Waals surface area contributed by atoms with Crippen LogP contribution in [-0.2, 0) is 11.2 Å². The fourth-order valence-electron chi connectivity index (χ4n) is 5.61. The highest BCUT2D eigenvalue weighted by Crippen LogP contribution is 2.32. The Labute approximate surface area is 242 Å². The molecule has 0 radical (unpaired) electrons. The molecule has 0 aliphatic carbocycles. The number of aryl methyl sites for hydroxylation is 1. The summed E-state index contributed by atoms with van der Waals surface area (Å²) in [5.41, 5.74) is 9.28. The number of hydrogen-bond donors (Lipinski definition) is 4. The van der Waals surface area contributed by atoms with Crippen LogP contribution in [0.15, 0.2) is 53.5 Å². The number of piperidine rings is 1. The quantitative estimate of drug-likeness (QED) is 0.185. The molecule has 0 unspecified atom stereocenters. The number of fused-ring (bicyclic) bond motifs is 1. The number of carbonyl (C=O) groups is 1.